The summed E-state index contributed by atoms with van der Waals surface area (Å²) in [6.07, 6.45) is 7.45. The van der Waals surface area contributed by atoms with Crippen LogP contribution in [0.4, 0.5) is 5.69 Å². The van der Waals surface area contributed by atoms with Gasteiger partial charge in [-0.25, -0.2) is 0 Å². The Morgan fingerprint density at radius 3 is 2.89 bits per heavy atom. The average molecular weight is 258 g/mol. The van der Waals surface area contributed by atoms with Crippen molar-refractivity contribution >= 4 is 11.6 Å². The van der Waals surface area contributed by atoms with Crippen LogP contribution in [0.25, 0.3) is 0 Å². The van der Waals surface area contributed by atoms with Crippen molar-refractivity contribution in [3.8, 4) is 0 Å². The van der Waals surface area contributed by atoms with Gasteiger partial charge in [0.05, 0.1) is 0 Å². The van der Waals surface area contributed by atoms with Crippen LogP contribution in [-0.4, -0.2) is 18.0 Å². The van der Waals surface area contributed by atoms with Gasteiger partial charge in [-0.1, -0.05) is 12.5 Å². The zero-order valence-corrected chi connectivity index (χ0v) is 11.6. The van der Waals surface area contributed by atoms with Gasteiger partial charge >= 0.3 is 0 Å². The van der Waals surface area contributed by atoms with Crippen molar-refractivity contribution in [2.24, 2.45) is 0 Å². The Kier molecular flexibility index (Phi) is 3.31. The first kappa shape index (κ1) is 12.7. The number of fused-ring (bicyclic) bond motifs is 1. The van der Waals surface area contributed by atoms with Crippen molar-refractivity contribution in [3.05, 3.63) is 29.3 Å². The summed E-state index contributed by atoms with van der Waals surface area (Å²) in [7, 11) is 0. The molecule has 2 aliphatic rings. The highest BCUT2D eigenvalue weighted by Gasteiger charge is 2.35. The van der Waals surface area contributed by atoms with Gasteiger partial charge in [-0.2, -0.15) is 0 Å². The number of amides is 1. The van der Waals surface area contributed by atoms with Crippen molar-refractivity contribution in [2.45, 2.75) is 51.0 Å². The first-order valence-electron chi connectivity index (χ1n) is 7.31. The topological polar surface area (TPSA) is 41.1 Å². The average Bonchev–Trinajstić information content (AvgIpc) is 2.38. The third-order valence-electron chi connectivity index (χ3n) is 4.51. The smallest absolute Gasteiger partial charge is 0.221 e. The lowest BCUT2D eigenvalue weighted by Gasteiger charge is -2.42. The minimum Gasteiger partial charge on any atom is -0.326 e. The molecule has 1 amide bonds. The molecular weight excluding hydrogens is 236 g/mol. The van der Waals surface area contributed by atoms with Crippen LogP contribution in [0.5, 0.6) is 0 Å². The SMILES string of the molecule is CC(=O)Nc1ccc2c(c1)CC1(CCCCN1)CC2. The van der Waals surface area contributed by atoms with Crippen molar-refractivity contribution in [1.82, 2.24) is 5.32 Å². The molecule has 102 valence electrons. The van der Waals surface area contributed by atoms with Gasteiger partial charge in [0, 0.05) is 18.2 Å². The summed E-state index contributed by atoms with van der Waals surface area (Å²) in [6, 6.07) is 6.36. The van der Waals surface area contributed by atoms with E-state index in [2.05, 4.69) is 22.8 Å². The van der Waals surface area contributed by atoms with E-state index in [0.29, 0.717) is 5.54 Å². The number of hydrogen-bond donors (Lipinski definition) is 2. The summed E-state index contributed by atoms with van der Waals surface area (Å²) in [5.74, 6) is 0.00117. The van der Waals surface area contributed by atoms with Crippen LogP contribution in [0.1, 0.15) is 43.7 Å². The summed E-state index contributed by atoms with van der Waals surface area (Å²) >= 11 is 0. The fourth-order valence-electron chi connectivity index (χ4n) is 3.54. The number of hydrogen-bond acceptors (Lipinski definition) is 2. The van der Waals surface area contributed by atoms with E-state index < -0.39 is 0 Å². The molecule has 0 bridgehead atoms. The molecule has 2 N–H and O–H groups in total. The number of aryl methyl sites for hydroxylation is 1. The third kappa shape index (κ3) is 2.66. The van der Waals surface area contributed by atoms with E-state index in [4.69, 9.17) is 0 Å². The number of benzene rings is 1. The predicted molar refractivity (Wildman–Crippen MR) is 77.4 cm³/mol. The second kappa shape index (κ2) is 4.97. The van der Waals surface area contributed by atoms with Crippen LogP contribution in [0.2, 0.25) is 0 Å². The summed E-state index contributed by atoms with van der Waals surface area (Å²) in [5, 5.41) is 6.64. The molecule has 1 aromatic carbocycles. The Hall–Kier alpha value is -1.35. The van der Waals surface area contributed by atoms with Crippen LogP contribution in [-0.2, 0) is 17.6 Å². The number of carbonyl (C=O) groups is 1. The van der Waals surface area contributed by atoms with Crippen LogP contribution < -0.4 is 10.6 Å². The zero-order valence-electron chi connectivity index (χ0n) is 11.6. The molecule has 3 nitrogen and oxygen atoms in total. The Morgan fingerprint density at radius 2 is 2.16 bits per heavy atom. The quantitative estimate of drug-likeness (QED) is 0.813. The molecule has 1 aromatic rings. The zero-order chi connectivity index (χ0) is 13.3. The van der Waals surface area contributed by atoms with Crippen molar-refractivity contribution in [3.63, 3.8) is 0 Å². The van der Waals surface area contributed by atoms with Gasteiger partial charge in [0.2, 0.25) is 5.91 Å². The number of carbonyl (C=O) groups excluding carboxylic acids is 1. The Labute approximate surface area is 114 Å². The summed E-state index contributed by atoms with van der Waals surface area (Å²) in [4.78, 5) is 11.2. The molecule has 0 radical (unpaired) electrons. The fourth-order valence-corrected chi connectivity index (χ4v) is 3.54. The molecule has 1 spiro atoms. The molecule has 1 unspecified atom stereocenters. The van der Waals surface area contributed by atoms with Crippen LogP contribution in [0, 0.1) is 0 Å². The van der Waals surface area contributed by atoms with Gasteiger partial charge in [-0.3, -0.25) is 4.79 Å². The molecule has 1 aliphatic heterocycles. The summed E-state index contributed by atoms with van der Waals surface area (Å²) < 4.78 is 0. The van der Waals surface area contributed by atoms with Gasteiger partial charge in [0.1, 0.15) is 0 Å². The Bertz CT molecular complexity index is 490. The molecule has 3 rings (SSSR count). The third-order valence-corrected chi connectivity index (χ3v) is 4.51. The number of nitrogens with one attached hydrogen (secondary N) is 2. The number of piperidine rings is 1. The number of rotatable bonds is 1. The fraction of sp³-hybridized carbons (Fsp3) is 0.562. The van der Waals surface area contributed by atoms with E-state index in [1.807, 2.05) is 6.07 Å². The van der Waals surface area contributed by atoms with Crippen molar-refractivity contribution in [1.29, 1.82) is 0 Å². The highest BCUT2D eigenvalue weighted by molar-refractivity contribution is 5.88. The monoisotopic (exact) mass is 258 g/mol. The lowest BCUT2D eigenvalue weighted by molar-refractivity contribution is -0.114. The van der Waals surface area contributed by atoms with Crippen LogP contribution in [0.3, 0.4) is 0 Å². The first-order valence-corrected chi connectivity index (χ1v) is 7.31. The molecule has 1 fully saturated rings. The van der Waals surface area contributed by atoms with Crippen molar-refractivity contribution in [2.75, 3.05) is 11.9 Å². The normalized spacial score (nSPS) is 25.9. The lowest BCUT2D eigenvalue weighted by atomic mass is 9.73. The van der Waals surface area contributed by atoms with Gasteiger partial charge in [-0.05, 0) is 61.9 Å². The standard InChI is InChI=1S/C16H22N2O/c1-12(19)18-15-5-4-13-6-8-16(11-14(13)10-15)7-2-3-9-17-16/h4-5,10,17H,2-3,6-9,11H2,1H3,(H,18,19). The van der Waals surface area contributed by atoms with E-state index in [9.17, 15) is 4.79 Å². The van der Waals surface area contributed by atoms with Gasteiger partial charge < -0.3 is 10.6 Å². The highest BCUT2D eigenvalue weighted by Crippen LogP contribution is 2.35. The molecule has 0 aromatic heterocycles. The van der Waals surface area contributed by atoms with E-state index in [0.717, 1.165) is 25.1 Å². The minimum absolute atomic E-state index is 0.00117. The second-order valence-corrected chi connectivity index (χ2v) is 6.01. The minimum atomic E-state index is 0.00117. The molecular formula is C16H22N2O. The largest absolute Gasteiger partial charge is 0.326 e. The highest BCUT2D eigenvalue weighted by atomic mass is 16.1. The molecule has 0 saturated carbocycles. The van der Waals surface area contributed by atoms with E-state index >= 15 is 0 Å². The van der Waals surface area contributed by atoms with Crippen LogP contribution >= 0.6 is 0 Å². The molecule has 1 saturated heterocycles. The van der Waals surface area contributed by atoms with E-state index in [-0.39, 0.29) is 5.91 Å². The molecule has 3 heteroatoms. The Morgan fingerprint density at radius 1 is 1.26 bits per heavy atom. The van der Waals surface area contributed by atoms with Gasteiger partial charge in [-0.15, -0.1) is 0 Å². The maximum Gasteiger partial charge on any atom is 0.221 e. The van der Waals surface area contributed by atoms with Crippen LogP contribution in [0.15, 0.2) is 18.2 Å². The van der Waals surface area contributed by atoms with Gasteiger partial charge in [0.15, 0.2) is 0 Å². The molecule has 1 aliphatic carbocycles. The van der Waals surface area contributed by atoms with E-state index in [1.54, 1.807) is 6.92 Å². The molecule has 19 heavy (non-hydrogen) atoms. The first-order chi connectivity index (χ1) is 9.17. The van der Waals surface area contributed by atoms with E-state index in [1.165, 1.54) is 36.8 Å². The summed E-state index contributed by atoms with van der Waals surface area (Å²) in [6.45, 7) is 2.71. The Balaban J connectivity index is 1.83. The molecule has 1 heterocycles. The lowest BCUT2D eigenvalue weighted by Crippen LogP contribution is -2.52. The van der Waals surface area contributed by atoms with Gasteiger partial charge in [0.25, 0.3) is 0 Å². The summed E-state index contributed by atoms with van der Waals surface area (Å²) in [5.41, 5.74) is 4.11. The predicted octanol–water partition coefficient (Wildman–Crippen LogP) is 2.65. The molecule has 1 atom stereocenters. The number of anilines is 1. The van der Waals surface area contributed by atoms with Crippen molar-refractivity contribution < 1.29 is 4.79 Å². The second-order valence-electron chi connectivity index (χ2n) is 6.01. The maximum atomic E-state index is 11.2. The maximum absolute atomic E-state index is 11.2.